The quantitative estimate of drug-likeness (QED) is 0.704. The molecule has 0 spiro atoms. The zero-order valence-electron chi connectivity index (χ0n) is 7.45. The highest BCUT2D eigenvalue weighted by Gasteiger charge is 2.42. The van der Waals surface area contributed by atoms with Gasteiger partial charge < -0.3 is 0 Å². The summed E-state index contributed by atoms with van der Waals surface area (Å²) in [5.74, 6) is 0. The third kappa shape index (κ3) is 1.22. The molecule has 0 N–H and O–H groups in total. The third-order valence-electron chi connectivity index (χ3n) is 2.06. The van der Waals surface area contributed by atoms with Crippen molar-refractivity contribution >= 4 is 41.8 Å². The van der Waals surface area contributed by atoms with Crippen molar-refractivity contribution in [3.8, 4) is 0 Å². The van der Waals surface area contributed by atoms with E-state index in [4.69, 9.17) is 0 Å². The van der Waals surface area contributed by atoms with Gasteiger partial charge in [0.2, 0.25) is 5.03 Å². The minimum atomic E-state index is -4.27. The van der Waals surface area contributed by atoms with E-state index in [0.29, 0.717) is 10.2 Å². The van der Waals surface area contributed by atoms with Gasteiger partial charge in [-0.1, -0.05) is 0 Å². The summed E-state index contributed by atoms with van der Waals surface area (Å²) in [6.07, 6.45) is 0. The van der Waals surface area contributed by atoms with Crippen LogP contribution >= 0.6 is 11.3 Å². The summed E-state index contributed by atoms with van der Waals surface area (Å²) in [5.41, 5.74) is 0. The first-order valence-electron chi connectivity index (χ1n) is 3.99. The van der Waals surface area contributed by atoms with Gasteiger partial charge in [0.15, 0.2) is 0 Å². The summed E-state index contributed by atoms with van der Waals surface area (Å²) in [6.45, 7) is 0. The molecule has 1 aliphatic heterocycles. The van der Waals surface area contributed by atoms with Crippen molar-refractivity contribution in [3.05, 3.63) is 17.5 Å². The molecule has 0 saturated carbocycles. The predicted octanol–water partition coefficient (Wildman–Crippen LogP) is 0.704. The van der Waals surface area contributed by atoms with Crippen LogP contribution in [0.4, 0.5) is 0 Å². The second-order valence-corrected chi connectivity index (χ2v) is 7.16. The van der Waals surface area contributed by atoms with Crippen LogP contribution in [0.15, 0.2) is 27.4 Å². The van der Waals surface area contributed by atoms with Crippen molar-refractivity contribution in [3.63, 3.8) is 0 Å². The molecular formula is C7H3NO5S3. The normalized spacial score (nSPS) is 21.0. The Kier molecular flexibility index (Phi) is 1.78. The smallest absolute Gasteiger partial charge is 0.222 e. The minimum absolute atomic E-state index is 0.390. The highest BCUT2D eigenvalue weighted by Crippen LogP contribution is 2.35. The Morgan fingerprint density at radius 2 is 1.94 bits per heavy atom. The molecule has 9 heteroatoms. The van der Waals surface area contributed by atoms with Crippen molar-refractivity contribution in [2.24, 2.45) is 0 Å². The number of pyridine rings is 1. The van der Waals surface area contributed by atoms with Gasteiger partial charge in [-0.2, -0.15) is 16.8 Å². The number of rotatable bonds is 0. The van der Waals surface area contributed by atoms with Crippen LogP contribution < -0.4 is 0 Å². The molecule has 3 heterocycles. The molecule has 0 saturated heterocycles. The molecule has 84 valence electrons. The van der Waals surface area contributed by atoms with Gasteiger partial charge in [-0.25, -0.2) is 4.98 Å². The lowest BCUT2D eigenvalue weighted by atomic mass is 10.3. The third-order valence-corrected chi connectivity index (χ3v) is 6.08. The van der Waals surface area contributed by atoms with E-state index in [9.17, 15) is 16.8 Å². The van der Waals surface area contributed by atoms with Crippen molar-refractivity contribution in [1.29, 1.82) is 0 Å². The zero-order valence-corrected chi connectivity index (χ0v) is 9.89. The maximum Gasteiger partial charge on any atom is 0.330 e. The Labute approximate surface area is 94.7 Å². The summed E-state index contributed by atoms with van der Waals surface area (Å²) in [4.78, 5) is 3.86. The number of thiophene rings is 1. The predicted molar refractivity (Wildman–Crippen MR) is 55.1 cm³/mol. The molecule has 0 unspecified atom stereocenters. The second-order valence-electron chi connectivity index (χ2n) is 3.08. The fourth-order valence-electron chi connectivity index (χ4n) is 1.41. The van der Waals surface area contributed by atoms with Gasteiger partial charge in [-0.15, -0.1) is 15.0 Å². The summed E-state index contributed by atoms with van der Waals surface area (Å²) in [5, 5.41) is 1.75. The number of aromatic nitrogens is 1. The summed E-state index contributed by atoms with van der Waals surface area (Å²) >= 11 is 1.23. The summed E-state index contributed by atoms with van der Waals surface area (Å²) < 4.78 is 49.6. The molecule has 0 amide bonds. The van der Waals surface area contributed by atoms with Crippen LogP contribution in [0, 0.1) is 0 Å². The van der Waals surface area contributed by atoms with Crippen LogP contribution in [0.2, 0.25) is 0 Å². The van der Waals surface area contributed by atoms with Crippen molar-refractivity contribution in [2.75, 3.05) is 0 Å². The first kappa shape index (κ1) is 10.1. The standard InChI is InChI=1S/C7H3NO5S3/c9-15(10)5-3-4-1-2-14-6(4)8-7(5)16(11,12)13-15/h1-3H. The Morgan fingerprint density at radius 3 is 2.69 bits per heavy atom. The molecule has 0 bridgehead atoms. The Hall–Kier alpha value is -1.03. The molecule has 2 aromatic rings. The molecule has 0 radical (unpaired) electrons. The van der Waals surface area contributed by atoms with Gasteiger partial charge in [0, 0.05) is 5.39 Å². The van der Waals surface area contributed by atoms with Crippen LogP contribution in [-0.2, 0) is 23.9 Å². The van der Waals surface area contributed by atoms with E-state index in [1.165, 1.54) is 17.4 Å². The fraction of sp³-hybridized carbons (Fsp3) is 0. The van der Waals surface area contributed by atoms with Gasteiger partial charge in [0.1, 0.15) is 9.73 Å². The SMILES string of the molecule is O=S1(=O)OS(=O)(=O)c2nc3sccc3cc21. The average molecular weight is 277 g/mol. The Balaban J connectivity index is 2.56. The molecule has 0 fully saturated rings. The van der Waals surface area contributed by atoms with E-state index in [2.05, 4.69) is 8.61 Å². The number of fused-ring (bicyclic) bond motifs is 2. The van der Waals surface area contributed by atoms with E-state index < -0.39 is 30.2 Å². The van der Waals surface area contributed by atoms with Crippen molar-refractivity contribution in [1.82, 2.24) is 4.98 Å². The highest BCUT2D eigenvalue weighted by atomic mass is 32.3. The molecule has 2 aromatic heterocycles. The molecule has 3 rings (SSSR count). The van der Waals surface area contributed by atoms with Crippen LogP contribution in [0.25, 0.3) is 10.2 Å². The summed E-state index contributed by atoms with van der Waals surface area (Å²) in [7, 11) is -8.50. The number of hydrogen-bond acceptors (Lipinski definition) is 7. The minimum Gasteiger partial charge on any atom is -0.222 e. The molecule has 1 aliphatic rings. The molecule has 0 atom stereocenters. The van der Waals surface area contributed by atoms with Crippen LogP contribution in [0.5, 0.6) is 0 Å². The Bertz CT molecular complexity index is 736. The average Bonchev–Trinajstić information content (AvgIpc) is 2.66. The van der Waals surface area contributed by atoms with Gasteiger partial charge in [0.05, 0.1) is 0 Å². The second kappa shape index (κ2) is 2.80. The summed E-state index contributed by atoms with van der Waals surface area (Å²) in [6, 6.07) is 2.92. The maximum absolute atomic E-state index is 11.4. The molecule has 6 nitrogen and oxygen atoms in total. The number of hydrogen-bond donors (Lipinski definition) is 0. The van der Waals surface area contributed by atoms with Crippen LogP contribution in [-0.4, -0.2) is 21.8 Å². The Morgan fingerprint density at radius 1 is 1.19 bits per heavy atom. The molecule has 16 heavy (non-hydrogen) atoms. The largest absolute Gasteiger partial charge is 0.330 e. The van der Waals surface area contributed by atoms with Gasteiger partial charge in [-0.05, 0) is 17.5 Å². The van der Waals surface area contributed by atoms with Crippen LogP contribution in [0.1, 0.15) is 0 Å². The topological polar surface area (TPSA) is 90.4 Å². The van der Waals surface area contributed by atoms with Gasteiger partial charge in [-0.3, -0.25) is 0 Å². The zero-order chi connectivity index (χ0) is 11.6. The van der Waals surface area contributed by atoms with Crippen molar-refractivity contribution < 1.29 is 20.5 Å². The first-order chi connectivity index (χ1) is 7.40. The van der Waals surface area contributed by atoms with E-state index in [1.807, 2.05) is 0 Å². The maximum atomic E-state index is 11.4. The van der Waals surface area contributed by atoms with Crippen LogP contribution in [0.3, 0.4) is 0 Å². The van der Waals surface area contributed by atoms with Gasteiger partial charge in [0.25, 0.3) is 0 Å². The van der Waals surface area contributed by atoms with E-state index in [1.54, 1.807) is 11.4 Å². The first-order valence-corrected chi connectivity index (χ1v) is 7.69. The molecule has 0 aliphatic carbocycles. The van der Waals surface area contributed by atoms with Crippen molar-refractivity contribution in [2.45, 2.75) is 9.92 Å². The molecular weight excluding hydrogens is 274 g/mol. The number of nitrogens with zero attached hydrogens (tertiary/aromatic N) is 1. The van der Waals surface area contributed by atoms with E-state index >= 15 is 0 Å². The highest BCUT2D eigenvalue weighted by molar-refractivity contribution is 8.02. The molecule has 0 aromatic carbocycles. The lowest BCUT2D eigenvalue weighted by molar-refractivity contribution is 0.474. The monoisotopic (exact) mass is 277 g/mol. The fourth-order valence-corrected chi connectivity index (χ4v) is 5.36. The van der Waals surface area contributed by atoms with Gasteiger partial charge >= 0.3 is 20.2 Å². The van der Waals surface area contributed by atoms with E-state index in [0.717, 1.165) is 0 Å². The lowest BCUT2D eigenvalue weighted by Gasteiger charge is -1.92. The lowest BCUT2D eigenvalue weighted by Crippen LogP contribution is -2.01. The van der Waals surface area contributed by atoms with E-state index in [-0.39, 0.29) is 0 Å².